The number of carbonyl (C=O) groups is 1. The maximum atomic E-state index is 12.5. The number of anilines is 4. The maximum Gasteiger partial charge on any atom is 0.247 e. The molecule has 2 aromatic heterocycles. The third-order valence-electron chi connectivity index (χ3n) is 8.47. The molecule has 4 aromatic rings. The fourth-order valence-electron chi connectivity index (χ4n) is 6.39. The molecule has 0 saturated carbocycles. The average molecular weight is 597 g/mol. The smallest absolute Gasteiger partial charge is 0.247 e. The standard InChI is InChI=1S/C33H40N8O3/c1-6-32(42)36-27-16-28(38-33-34-12-9-26(37-33)23-7-8-29-24(15-23)18-35-39(29)4)31(43-5)17-30(27)40-13-10-25(11-14-40)41-19-21(2)44-22(3)20-41/h6-9,12,15-18,21-22,25H,1,10-11,13-14,19-20H2,2-5H3,(H,36,42)(H,34,37,38)/t21-,22+. The zero-order valence-corrected chi connectivity index (χ0v) is 25.8. The van der Waals surface area contributed by atoms with Gasteiger partial charge in [-0.25, -0.2) is 9.97 Å². The molecule has 4 heterocycles. The lowest BCUT2D eigenvalue weighted by molar-refractivity contribution is -0.111. The first kappa shape index (κ1) is 29.6. The number of hydrogen-bond donors (Lipinski definition) is 2. The van der Waals surface area contributed by atoms with Crippen LogP contribution in [0.5, 0.6) is 5.75 Å². The highest BCUT2D eigenvalue weighted by molar-refractivity contribution is 6.02. The predicted octanol–water partition coefficient (Wildman–Crippen LogP) is 4.99. The molecule has 0 bridgehead atoms. The van der Waals surface area contributed by atoms with Gasteiger partial charge in [-0.1, -0.05) is 12.6 Å². The summed E-state index contributed by atoms with van der Waals surface area (Å²) >= 11 is 0. The van der Waals surface area contributed by atoms with Crippen molar-refractivity contribution >= 4 is 39.8 Å². The van der Waals surface area contributed by atoms with Crippen LogP contribution in [0.25, 0.3) is 22.2 Å². The lowest BCUT2D eigenvalue weighted by Gasteiger charge is -2.44. The third kappa shape index (κ3) is 6.24. The Morgan fingerprint density at radius 2 is 1.86 bits per heavy atom. The van der Waals surface area contributed by atoms with Crippen LogP contribution in [0.3, 0.4) is 0 Å². The first-order valence-electron chi connectivity index (χ1n) is 15.1. The summed E-state index contributed by atoms with van der Waals surface area (Å²) in [4.78, 5) is 26.6. The van der Waals surface area contributed by atoms with Crippen LogP contribution >= 0.6 is 0 Å². The zero-order valence-electron chi connectivity index (χ0n) is 25.8. The quantitative estimate of drug-likeness (QED) is 0.272. The van der Waals surface area contributed by atoms with Crippen LogP contribution in [0.15, 0.2) is 61.4 Å². The highest BCUT2D eigenvalue weighted by Crippen LogP contribution is 2.40. The molecule has 0 unspecified atom stereocenters. The predicted molar refractivity (Wildman–Crippen MR) is 174 cm³/mol. The number of aromatic nitrogens is 4. The lowest BCUT2D eigenvalue weighted by Crippen LogP contribution is -2.53. The number of rotatable bonds is 8. The normalized spacial score (nSPS) is 19.6. The van der Waals surface area contributed by atoms with E-state index < -0.39 is 0 Å². The van der Waals surface area contributed by atoms with E-state index in [0.29, 0.717) is 29.1 Å². The molecular weight excluding hydrogens is 556 g/mol. The Labute approximate surface area is 257 Å². The van der Waals surface area contributed by atoms with Gasteiger partial charge < -0.3 is 25.0 Å². The number of carbonyl (C=O) groups excluding carboxylic acids is 1. The Kier molecular flexibility index (Phi) is 8.49. The van der Waals surface area contributed by atoms with Gasteiger partial charge in [-0.15, -0.1) is 0 Å². The summed E-state index contributed by atoms with van der Waals surface area (Å²) in [6.45, 7) is 11.6. The topological polar surface area (TPSA) is 110 Å². The summed E-state index contributed by atoms with van der Waals surface area (Å²) in [7, 11) is 3.56. The third-order valence-corrected chi connectivity index (χ3v) is 8.47. The molecule has 2 saturated heterocycles. The van der Waals surface area contributed by atoms with Gasteiger partial charge in [0, 0.05) is 62.5 Å². The van der Waals surface area contributed by atoms with Gasteiger partial charge in [0.25, 0.3) is 0 Å². The van der Waals surface area contributed by atoms with E-state index in [2.05, 4.69) is 57.0 Å². The minimum Gasteiger partial charge on any atom is -0.494 e. The van der Waals surface area contributed by atoms with E-state index in [1.54, 1.807) is 13.3 Å². The molecule has 2 fully saturated rings. The Morgan fingerprint density at radius 1 is 1.09 bits per heavy atom. The van der Waals surface area contributed by atoms with Gasteiger partial charge in [0.1, 0.15) is 5.75 Å². The van der Waals surface area contributed by atoms with Crippen molar-refractivity contribution in [3.63, 3.8) is 0 Å². The SMILES string of the molecule is C=CC(=O)Nc1cc(Nc2nccc(-c3ccc4c(cnn4C)c3)n2)c(OC)cc1N1CCC(N2C[C@@H](C)O[C@@H](C)C2)CC1. The van der Waals surface area contributed by atoms with Crippen LogP contribution in [0.2, 0.25) is 0 Å². The van der Waals surface area contributed by atoms with E-state index in [9.17, 15) is 4.79 Å². The highest BCUT2D eigenvalue weighted by atomic mass is 16.5. The number of nitrogens with one attached hydrogen (secondary N) is 2. The lowest BCUT2D eigenvalue weighted by atomic mass is 10.00. The first-order valence-corrected chi connectivity index (χ1v) is 15.1. The molecule has 44 heavy (non-hydrogen) atoms. The van der Waals surface area contributed by atoms with E-state index in [4.69, 9.17) is 14.5 Å². The number of nitrogens with zero attached hydrogens (tertiary/aromatic N) is 6. The van der Waals surface area contributed by atoms with E-state index in [-0.39, 0.29) is 18.1 Å². The second kappa shape index (κ2) is 12.6. The minimum atomic E-state index is -0.280. The molecule has 2 atom stereocenters. The molecule has 11 heteroatoms. The summed E-state index contributed by atoms with van der Waals surface area (Å²) < 4.78 is 13.6. The number of piperidine rings is 1. The average Bonchev–Trinajstić information content (AvgIpc) is 3.40. The molecule has 11 nitrogen and oxygen atoms in total. The van der Waals surface area contributed by atoms with Crippen molar-refractivity contribution in [1.82, 2.24) is 24.6 Å². The van der Waals surface area contributed by atoms with Crippen molar-refractivity contribution in [2.75, 3.05) is 48.8 Å². The highest BCUT2D eigenvalue weighted by Gasteiger charge is 2.31. The summed E-state index contributed by atoms with van der Waals surface area (Å²) in [5.41, 5.74) is 5.00. The molecule has 0 spiro atoms. The number of morpholine rings is 1. The van der Waals surface area contributed by atoms with Gasteiger partial charge in [-0.05, 0) is 57.0 Å². The van der Waals surface area contributed by atoms with Crippen molar-refractivity contribution in [3.8, 4) is 17.0 Å². The molecule has 230 valence electrons. The first-order chi connectivity index (χ1) is 21.3. The Hall–Kier alpha value is -4.48. The molecule has 2 N–H and O–H groups in total. The van der Waals surface area contributed by atoms with Gasteiger partial charge in [-0.2, -0.15) is 5.10 Å². The van der Waals surface area contributed by atoms with Crippen molar-refractivity contribution in [1.29, 1.82) is 0 Å². The van der Waals surface area contributed by atoms with Crippen LogP contribution in [-0.4, -0.2) is 82.1 Å². The van der Waals surface area contributed by atoms with Gasteiger partial charge >= 0.3 is 0 Å². The molecular formula is C33H40N8O3. The Bertz CT molecular complexity index is 1650. The Balaban J connectivity index is 1.24. The van der Waals surface area contributed by atoms with Gasteiger partial charge in [0.2, 0.25) is 11.9 Å². The Morgan fingerprint density at radius 3 is 2.59 bits per heavy atom. The molecule has 6 rings (SSSR count). The second-order valence-corrected chi connectivity index (χ2v) is 11.6. The summed E-state index contributed by atoms with van der Waals surface area (Å²) in [5.74, 6) is 0.758. The van der Waals surface area contributed by atoms with Crippen LogP contribution in [0.4, 0.5) is 23.0 Å². The summed E-state index contributed by atoms with van der Waals surface area (Å²) in [6, 6.07) is 12.4. The summed E-state index contributed by atoms with van der Waals surface area (Å²) in [6.07, 6.45) is 7.40. The van der Waals surface area contributed by atoms with Gasteiger partial charge in [0.15, 0.2) is 0 Å². The maximum absolute atomic E-state index is 12.5. The van der Waals surface area contributed by atoms with E-state index in [1.807, 2.05) is 48.3 Å². The number of benzene rings is 2. The van der Waals surface area contributed by atoms with Crippen molar-refractivity contribution < 1.29 is 14.3 Å². The number of hydrogen-bond acceptors (Lipinski definition) is 9. The fourth-order valence-corrected chi connectivity index (χ4v) is 6.39. The van der Waals surface area contributed by atoms with Crippen LogP contribution in [-0.2, 0) is 16.6 Å². The van der Waals surface area contributed by atoms with Crippen molar-refractivity contribution in [2.45, 2.75) is 44.9 Å². The van der Waals surface area contributed by atoms with Gasteiger partial charge in [-0.3, -0.25) is 14.4 Å². The van der Waals surface area contributed by atoms with Gasteiger partial charge in [0.05, 0.1) is 53.8 Å². The van der Waals surface area contributed by atoms with E-state index in [0.717, 1.165) is 66.9 Å². The van der Waals surface area contributed by atoms with Crippen LogP contribution in [0, 0.1) is 0 Å². The van der Waals surface area contributed by atoms with E-state index >= 15 is 0 Å². The van der Waals surface area contributed by atoms with Crippen molar-refractivity contribution in [2.24, 2.45) is 7.05 Å². The van der Waals surface area contributed by atoms with E-state index in [1.165, 1.54) is 6.08 Å². The number of methoxy groups -OCH3 is 1. The second-order valence-electron chi connectivity index (χ2n) is 11.6. The number of ether oxygens (including phenoxy) is 2. The monoisotopic (exact) mass is 596 g/mol. The fraction of sp³-hybridized carbons (Fsp3) is 0.394. The molecule has 2 aliphatic heterocycles. The molecule has 1 amide bonds. The summed E-state index contributed by atoms with van der Waals surface area (Å²) in [5, 5.41) is 11.7. The largest absolute Gasteiger partial charge is 0.494 e. The minimum absolute atomic E-state index is 0.247. The molecule has 0 radical (unpaired) electrons. The van der Waals surface area contributed by atoms with Crippen LogP contribution < -0.4 is 20.3 Å². The molecule has 0 aliphatic carbocycles. The zero-order chi connectivity index (χ0) is 30.8. The number of fused-ring (bicyclic) bond motifs is 1. The number of amides is 1. The number of aryl methyl sites for hydroxylation is 1. The molecule has 2 aromatic carbocycles. The molecule has 2 aliphatic rings. The van der Waals surface area contributed by atoms with Crippen molar-refractivity contribution in [3.05, 3.63) is 61.4 Å². The van der Waals surface area contributed by atoms with Crippen LogP contribution in [0.1, 0.15) is 26.7 Å².